The van der Waals surface area contributed by atoms with Gasteiger partial charge in [-0.2, -0.15) is 0 Å². The molecule has 0 aromatic rings. The summed E-state index contributed by atoms with van der Waals surface area (Å²) in [6, 6.07) is 0.608. The Kier molecular flexibility index (Phi) is 4.83. The van der Waals surface area contributed by atoms with Crippen molar-refractivity contribution in [3.05, 3.63) is 0 Å². The van der Waals surface area contributed by atoms with Crippen molar-refractivity contribution in [3.63, 3.8) is 0 Å². The second-order valence-corrected chi connectivity index (χ2v) is 7.69. The lowest BCUT2D eigenvalue weighted by atomic mass is 9.86. The van der Waals surface area contributed by atoms with Gasteiger partial charge in [0, 0.05) is 24.8 Å². The molecular formula is C18H27N5O2. The number of piperidine rings is 1. The topological polar surface area (TPSA) is 86.2 Å². The second-order valence-electron chi connectivity index (χ2n) is 7.69. The van der Waals surface area contributed by atoms with Gasteiger partial charge in [0.15, 0.2) is 0 Å². The molecule has 0 radical (unpaired) electrons. The summed E-state index contributed by atoms with van der Waals surface area (Å²) >= 11 is 0. The fourth-order valence-corrected chi connectivity index (χ4v) is 3.92. The number of fused-ring (bicyclic) bond motifs is 1. The fraction of sp³-hybridized carbons (Fsp3) is 0.778. The van der Waals surface area contributed by atoms with Crippen LogP contribution in [0.25, 0.3) is 0 Å². The molecule has 4 rings (SSSR count). The Bertz CT molecular complexity index is 603. The van der Waals surface area contributed by atoms with Crippen LogP contribution < -0.4 is 10.6 Å². The van der Waals surface area contributed by atoms with E-state index < -0.39 is 0 Å². The van der Waals surface area contributed by atoms with Crippen molar-refractivity contribution in [2.24, 2.45) is 15.9 Å². The fourth-order valence-electron chi connectivity index (χ4n) is 3.92. The summed E-state index contributed by atoms with van der Waals surface area (Å²) in [7, 11) is 0. The molecule has 2 saturated carbocycles. The lowest BCUT2D eigenvalue weighted by Crippen LogP contribution is -2.46. The maximum Gasteiger partial charge on any atom is 0.235 e. The van der Waals surface area contributed by atoms with Crippen molar-refractivity contribution < 1.29 is 9.59 Å². The Morgan fingerprint density at radius 3 is 2.76 bits per heavy atom. The van der Waals surface area contributed by atoms with Gasteiger partial charge in [-0.15, -0.1) is 0 Å². The molecule has 1 saturated heterocycles. The molecule has 0 aromatic carbocycles. The van der Waals surface area contributed by atoms with E-state index in [0.29, 0.717) is 18.5 Å². The molecule has 0 spiro atoms. The number of guanidine groups is 1. The van der Waals surface area contributed by atoms with Gasteiger partial charge in [0.05, 0.1) is 18.5 Å². The first kappa shape index (κ1) is 16.7. The van der Waals surface area contributed by atoms with Crippen molar-refractivity contribution in [1.82, 2.24) is 15.5 Å². The van der Waals surface area contributed by atoms with E-state index in [1.54, 1.807) is 0 Å². The van der Waals surface area contributed by atoms with Gasteiger partial charge >= 0.3 is 0 Å². The third kappa shape index (κ3) is 4.26. The van der Waals surface area contributed by atoms with Crippen molar-refractivity contribution in [1.29, 1.82) is 0 Å². The zero-order chi connectivity index (χ0) is 17.2. The van der Waals surface area contributed by atoms with Crippen molar-refractivity contribution in [2.45, 2.75) is 63.5 Å². The number of hydrogen-bond acceptors (Lipinski definition) is 4. The maximum atomic E-state index is 12.2. The van der Waals surface area contributed by atoms with E-state index in [4.69, 9.17) is 0 Å². The maximum absolute atomic E-state index is 12.2. The van der Waals surface area contributed by atoms with E-state index in [1.165, 1.54) is 0 Å². The highest BCUT2D eigenvalue weighted by Gasteiger charge is 2.32. The van der Waals surface area contributed by atoms with E-state index in [1.807, 2.05) is 0 Å². The number of likely N-dealkylation sites (tertiary alicyclic amines) is 1. The number of hydrogen-bond donors (Lipinski definition) is 2. The molecule has 7 nitrogen and oxygen atoms in total. The van der Waals surface area contributed by atoms with Crippen LogP contribution >= 0.6 is 0 Å². The van der Waals surface area contributed by atoms with Crippen LogP contribution in [0.1, 0.15) is 51.4 Å². The Balaban J connectivity index is 1.29. The van der Waals surface area contributed by atoms with Crippen molar-refractivity contribution >= 4 is 23.5 Å². The standard InChI is InChI=1S/C18H27N5O2/c24-16(19-12-5-6-12)11-23-9-7-13(8-10-23)20-18-21-15-4-2-1-3-14(15)17(25)22-18/h12-14H,1-11H2,(H,19,24)(H,20,22,25). The molecule has 0 bridgehead atoms. The first-order chi connectivity index (χ1) is 12.2. The molecule has 4 aliphatic rings. The molecule has 1 atom stereocenters. The van der Waals surface area contributed by atoms with Crippen LogP contribution in [-0.4, -0.2) is 60.1 Å². The molecule has 25 heavy (non-hydrogen) atoms. The number of aliphatic imine (C=N–C) groups is 2. The monoisotopic (exact) mass is 345 g/mol. The molecule has 2 heterocycles. The van der Waals surface area contributed by atoms with E-state index >= 15 is 0 Å². The first-order valence-electron chi connectivity index (χ1n) is 9.65. The third-order valence-corrected chi connectivity index (χ3v) is 5.55. The predicted molar refractivity (Wildman–Crippen MR) is 95.6 cm³/mol. The normalized spacial score (nSPS) is 29.8. The number of amides is 2. The zero-order valence-corrected chi connectivity index (χ0v) is 14.7. The van der Waals surface area contributed by atoms with Gasteiger partial charge in [-0.05, 0) is 44.9 Å². The van der Waals surface area contributed by atoms with Crippen LogP contribution in [0.3, 0.4) is 0 Å². The van der Waals surface area contributed by atoms with Gasteiger partial charge in [0.1, 0.15) is 0 Å². The summed E-state index contributed by atoms with van der Waals surface area (Å²) in [6.45, 7) is 2.22. The Hall–Kier alpha value is -1.76. The summed E-state index contributed by atoms with van der Waals surface area (Å²) in [5, 5.41) is 5.92. The number of rotatable bonds is 4. The first-order valence-corrected chi connectivity index (χ1v) is 9.65. The zero-order valence-electron chi connectivity index (χ0n) is 14.7. The van der Waals surface area contributed by atoms with Gasteiger partial charge in [0.2, 0.25) is 17.8 Å². The SMILES string of the molecule is O=C(CN1CCC(N=C2N=C3CCCCC3C(=O)N2)CC1)NC1CC1. The Morgan fingerprint density at radius 2 is 2.00 bits per heavy atom. The molecule has 0 aromatic heterocycles. The average molecular weight is 345 g/mol. The molecule has 2 aliphatic heterocycles. The highest BCUT2D eigenvalue weighted by molar-refractivity contribution is 6.17. The van der Waals surface area contributed by atoms with Crippen molar-refractivity contribution in [3.8, 4) is 0 Å². The summed E-state index contributed by atoms with van der Waals surface area (Å²) in [4.78, 5) is 35.6. The van der Waals surface area contributed by atoms with Crippen LogP contribution in [0.4, 0.5) is 0 Å². The molecule has 2 amide bonds. The molecule has 136 valence electrons. The molecule has 2 aliphatic carbocycles. The largest absolute Gasteiger partial charge is 0.352 e. The Labute approximate surface area is 148 Å². The van der Waals surface area contributed by atoms with Gasteiger partial charge in [-0.1, -0.05) is 6.42 Å². The van der Waals surface area contributed by atoms with Crippen LogP contribution in [0.2, 0.25) is 0 Å². The minimum atomic E-state index is -0.0282. The van der Waals surface area contributed by atoms with Crippen LogP contribution in [0.15, 0.2) is 9.98 Å². The van der Waals surface area contributed by atoms with Crippen molar-refractivity contribution in [2.75, 3.05) is 19.6 Å². The molecule has 3 fully saturated rings. The molecule has 7 heteroatoms. The quantitative estimate of drug-likeness (QED) is 0.792. The molecular weight excluding hydrogens is 318 g/mol. The molecule has 1 unspecified atom stereocenters. The lowest BCUT2D eigenvalue weighted by molar-refractivity contribution is -0.123. The van der Waals surface area contributed by atoms with E-state index in [2.05, 4.69) is 25.5 Å². The summed E-state index contributed by atoms with van der Waals surface area (Å²) in [6.07, 6.45) is 8.13. The van der Waals surface area contributed by atoms with E-state index in [9.17, 15) is 9.59 Å². The van der Waals surface area contributed by atoms with Gasteiger partial charge in [-0.3, -0.25) is 19.8 Å². The lowest BCUT2D eigenvalue weighted by Gasteiger charge is -2.31. The summed E-state index contributed by atoms with van der Waals surface area (Å²) < 4.78 is 0. The smallest absolute Gasteiger partial charge is 0.235 e. The van der Waals surface area contributed by atoms with Gasteiger partial charge in [0.25, 0.3) is 0 Å². The predicted octanol–water partition coefficient (Wildman–Crippen LogP) is 0.846. The number of carbonyl (C=O) groups is 2. The minimum absolute atomic E-state index is 0.0282. The Morgan fingerprint density at radius 1 is 1.20 bits per heavy atom. The highest BCUT2D eigenvalue weighted by Crippen LogP contribution is 2.24. The summed E-state index contributed by atoms with van der Waals surface area (Å²) in [5.41, 5.74) is 1.02. The van der Waals surface area contributed by atoms with E-state index in [0.717, 1.165) is 70.2 Å². The highest BCUT2D eigenvalue weighted by atomic mass is 16.2. The number of carbonyl (C=O) groups excluding carboxylic acids is 2. The minimum Gasteiger partial charge on any atom is -0.352 e. The summed E-state index contributed by atoms with van der Waals surface area (Å²) in [5.74, 6) is 0.682. The average Bonchev–Trinajstić information content (AvgIpc) is 3.40. The van der Waals surface area contributed by atoms with Gasteiger partial charge < -0.3 is 5.32 Å². The van der Waals surface area contributed by atoms with E-state index in [-0.39, 0.29) is 23.8 Å². The van der Waals surface area contributed by atoms with Gasteiger partial charge in [-0.25, -0.2) is 9.98 Å². The second kappa shape index (κ2) is 7.23. The van der Waals surface area contributed by atoms with Crippen LogP contribution in [0, 0.1) is 5.92 Å². The van der Waals surface area contributed by atoms with Crippen LogP contribution in [-0.2, 0) is 9.59 Å². The third-order valence-electron chi connectivity index (χ3n) is 5.55. The molecule has 2 N–H and O–H groups in total. The van der Waals surface area contributed by atoms with Crippen LogP contribution in [0.5, 0.6) is 0 Å². The number of nitrogens with zero attached hydrogens (tertiary/aromatic N) is 3. The number of nitrogens with one attached hydrogen (secondary N) is 2.